The quantitative estimate of drug-likeness (QED) is 0.347. The highest BCUT2D eigenvalue weighted by Crippen LogP contribution is 2.24. The van der Waals surface area contributed by atoms with Gasteiger partial charge in [0.1, 0.15) is 0 Å². The standard InChI is InChI=1S/C16H20N4/c1-3-13-9-7-8-12(2)15(13)19-16(20-17)18-14-10-5-4-6-11-14/h4-11H,3,17H2,1-2H3,(H2,18,19,20). The average molecular weight is 268 g/mol. The predicted molar refractivity (Wildman–Crippen MR) is 85.0 cm³/mol. The van der Waals surface area contributed by atoms with Crippen LogP contribution in [0.2, 0.25) is 0 Å². The van der Waals surface area contributed by atoms with Crippen LogP contribution in [0.4, 0.5) is 11.4 Å². The Morgan fingerprint density at radius 1 is 1.10 bits per heavy atom. The number of aliphatic imine (C=N–C) groups is 1. The SMILES string of the molecule is CCc1cccc(C)c1N=C(NN)Nc1ccccc1. The number of rotatable bonds is 3. The van der Waals surface area contributed by atoms with E-state index in [-0.39, 0.29) is 0 Å². The summed E-state index contributed by atoms with van der Waals surface area (Å²) in [5.74, 6) is 6.09. The van der Waals surface area contributed by atoms with Gasteiger partial charge in [-0.2, -0.15) is 0 Å². The van der Waals surface area contributed by atoms with Crippen LogP contribution in [0.3, 0.4) is 0 Å². The summed E-state index contributed by atoms with van der Waals surface area (Å²) >= 11 is 0. The van der Waals surface area contributed by atoms with E-state index in [0.717, 1.165) is 23.4 Å². The molecule has 4 heteroatoms. The number of nitrogens with two attached hydrogens (primary N) is 1. The second kappa shape index (κ2) is 6.73. The minimum atomic E-state index is 0.528. The molecular formula is C16H20N4. The zero-order valence-electron chi connectivity index (χ0n) is 11.9. The van der Waals surface area contributed by atoms with Crippen LogP contribution in [-0.4, -0.2) is 5.96 Å². The number of benzene rings is 2. The van der Waals surface area contributed by atoms with E-state index >= 15 is 0 Å². The highest BCUT2D eigenvalue weighted by Gasteiger charge is 2.05. The Labute approximate surface area is 119 Å². The molecule has 2 aromatic rings. The third-order valence-electron chi connectivity index (χ3n) is 3.10. The molecule has 0 heterocycles. The molecule has 0 atom stereocenters. The molecule has 20 heavy (non-hydrogen) atoms. The van der Waals surface area contributed by atoms with Crippen LogP contribution in [-0.2, 0) is 6.42 Å². The fourth-order valence-corrected chi connectivity index (χ4v) is 2.03. The maximum atomic E-state index is 5.57. The molecule has 0 aliphatic heterocycles. The Balaban J connectivity index is 2.32. The van der Waals surface area contributed by atoms with Crippen molar-refractivity contribution in [1.82, 2.24) is 5.43 Å². The molecule has 0 bridgehead atoms. The summed E-state index contributed by atoms with van der Waals surface area (Å²) in [7, 11) is 0. The summed E-state index contributed by atoms with van der Waals surface area (Å²) < 4.78 is 0. The van der Waals surface area contributed by atoms with E-state index in [2.05, 4.69) is 41.7 Å². The highest BCUT2D eigenvalue weighted by molar-refractivity contribution is 5.95. The number of hydrogen-bond donors (Lipinski definition) is 3. The van der Waals surface area contributed by atoms with Crippen molar-refractivity contribution in [1.29, 1.82) is 0 Å². The zero-order chi connectivity index (χ0) is 14.4. The lowest BCUT2D eigenvalue weighted by Gasteiger charge is -2.12. The van der Waals surface area contributed by atoms with Crippen LogP contribution in [0.15, 0.2) is 53.5 Å². The smallest absolute Gasteiger partial charge is 0.215 e. The van der Waals surface area contributed by atoms with Crippen molar-refractivity contribution in [2.24, 2.45) is 10.8 Å². The Morgan fingerprint density at radius 2 is 1.85 bits per heavy atom. The van der Waals surface area contributed by atoms with Gasteiger partial charge in [0.2, 0.25) is 5.96 Å². The molecule has 0 fully saturated rings. The Kier molecular flexibility index (Phi) is 4.74. The van der Waals surface area contributed by atoms with Gasteiger partial charge in [0.25, 0.3) is 0 Å². The third-order valence-corrected chi connectivity index (χ3v) is 3.10. The number of guanidine groups is 1. The predicted octanol–water partition coefficient (Wildman–Crippen LogP) is 3.12. The summed E-state index contributed by atoms with van der Waals surface area (Å²) in [6.45, 7) is 4.17. The molecule has 4 nitrogen and oxygen atoms in total. The number of nitrogens with zero attached hydrogens (tertiary/aromatic N) is 1. The van der Waals surface area contributed by atoms with Crippen molar-refractivity contribution < 1.29 is 0 Å². The van der Waals surface area contributed by atoms with Gasteiger partial charge in [0.15, 0.2) is 0 Å². The van der Waals surface area contributed by atoms with Gasteiger partial charge >= 0.3 is 0 Å². The summed E-state index contributed by atoms with van der Waals surface area (Å²) in [6, 6.07) is 16.0. The number of anilines is 1. The van der Waals surface area contributed by atoms with E-state index in [9.17, 15) is 0 Å². The summed E-state index contributed by atoms with van der Waals surface area (Å²) in [4.78, 5) is 4.61. The molecule has 0 aliphatic rings. The third kappa shape index (κ3) is 3.36. The van der Waals surface area contributed by atoms with E-state index in [0.29, 0.717) is 5.96 Å². The number of aryl methyl sites for hydroxylation is 2. The van der Waals surface area contributed by atoms with Gasteiger partial charge in [-0.15, -0.1) is 0 Å². The molecule has 4 N–H and O–H groups in total. The molecule has 104 valence electrons. The van der Waals surface area contributed by atoms with Crippen molar-refractivity contribution >= 4 is 17.3 Å². The zero-order valence-corrected chi connectivity index (χ0v) is 11.9. The number of para-hydroxylation sites is 2. The topological polar surface area (TPSA) is 62.4 Å². The lowest BCUT2D eigenvalue weighted by Crippen LogP contribution is -2.36. The summed E-state index contributed by atoms with van der Waals surface area (Å²) in [5, 5.41) is 3.17. The van der Waals surface area contributed by atoms with E-state index in [1.807, 2.05) is 36.4 Å². The number of hydrazine groups is 1. The van der Waals surface area contributed by atoms with E-state index in [1.54, 1.807) is 0 Å². The lowest BCUT2D eigenvalue weighted by atomic mass is 10.1. The minimum Gasteiger partial charge on any atom is -0.325 e. The maximum absolute atomic E-state index is 5.57. The van der Waals surface area contributed by atoms with Crippen LogP contribution in [0.25, 0.3) is 0 Å². The lowest BCUT2D eigenvalue weighted by molar-refractivity contribution is 1.01. The highest BCUT2D eigenvalue weighted by atomic mass is 15.3. The molecule has 2 aromatic carbocycles. The first-order chi connectivity index (χ1) is 9.74. The second-order valence-electron chi connectivity index (χ2n) is 4.53. The van der Waals surface area contributed by atoms with Gasteiger partial charge in [-0.05, 0) is 36.6 Å². The molecule has 0 saturated carbocycles. The fraction of sp³-hybridized carbons (Fsp3) is 0.188. The molecule has 0 amide bonds. The molecule has 0 radical (unpaired) electrons. The van der Waals surface area contributed by atoms with Crippen LogP contribution in [0.1, 0.15) is 18.1 Å². The molecule has 0 aliphatic carbocycles. The summed E-state index contributed by atoms with van der Waals surface area (Å²) in [5.41, 5.74) is 6.85. The average Bonchev–Trinajstić information content (AvgIpc) is 2.49. The van der Waals surface area contributed by atoms with Crippen molar-refractivity contribution in [2.75, 3.05) is 5.32 Å². The van der Waals surface area contributed by atoms with Crippen molar-refractivity contribution in [2.45, 2.75) is 20.3 Å². The first kappa shape index (κ1) is 14.1. The van der Waals surface area contributed by atoms with Crippen LogP contribution in [0, 0.1) is 6.92 Å². The Morgan fingerprint density at radius 3 is 2.50 bits per heavy atom. The first-order valence-corrected chi connectivity index (χ1v) is 6.70. The van der Waals surface area contributed by atoms with E-state index < -0.39 is 0 Å². The molecule has 0 aromatic heterocycles. The van der Waals surface area contributed by atoms with Crippen LogP contribution >= 0.6 is 0 Å². The number of nitrogens with one attached hydrogen (secondary N) is 2. The Hall–Kier alpha value is -2.33. The monoisotopic (exact) mass is 268 g/mol. The van der Waals surface area contributed by atoms with Gasteiger partial charge in [0.05, 0.1) is 5.69 Å². The molecule has 2 rings (SSSR count). The molecule has 0 spiro atoms. The van der Waals surface area contributed by atoms with Crippen molar-refractivity contribution in [3.63, 3.8) is 0 Å². The van der Waals surface area contributed by atoms with Crippen molar-refractivity contribution in [3.8, 4) is 0 Å². The fourth-order valence-electron chi connectivity index (χ4n) is 2.03. The summed E-state index contributed by atoms with van der Waals surface area (Å²) in [6.07, 6.45) is 0.934. The Bertz CT molecular complexity index is 591. The van der Waals surface area contributed by atoms with Gasteiger partial charge in [-0.3, -0.25) is 5.43 Å². The molecule has 0 saturated heterocycles. The van der Waals surface area contributed by atoms with Gasteiger partial charge < -0.3 is 5.32 Å². The number of hydrogen-bond acceptors (Lipinski definition) is 2. The molecule has 0 unspecified atom stereocenters. The van der Waals surface area contributed by atoms with Crippen LogP contribution < -0.4 is 16.6 Å². The van der Waals surface area contributed by atoms with Crippen molar-refractivity contribution in [3.05, 3.63) is 59.7 Å². The minimum absolute atomic E-state index is 0.528. The largest absolute Gasteiger partial charge is 0.325 e. The van der Waals surface area contributed by atoms with Gasteiger partial charge in [-0.25, -0.2) is 10.8 Å². The van der Waals surface area contributed by atoms with Gasteiger partial charge in [0, 0.05) is 5.69 Å². The van der Waals surface area contributed by atoms with Gasteiger partial charge in [-0.1, -0.05) is 43.3 Å². The maximum Gasteiger partial charge on any atom is 0.215 e. The van der Waals surface area contributed by atoms with Crippen LogP contribution in [0.5, 0.6) is 0 Å². The van der Waals surface area contributed by atoms with E-state index in [4.69, 9.17) is 5.84 Å². The second-order valence-corrected chi connectivity index (χ2v) is 4.53. The first-order valence-electron chi connectivity index (χ1n) is 6.70. The molecular weight excluding hydrogens is 248 g/mol. The van der Waals surface area contributed by atoms with E-state index in [1.165, 1.54) is 5.56 Å². The normalized spacial score (nSPS) is 11.2.